The molecule has 2 aromatic carbocycles. The Bertz CT molecular complexity index is 833. The Kier molecular flexibility index (Phi) is 10.1. The number of hydrogen-bond acceptors (Lipinski definition) is 3. The average molecular weight is 425 g/mol. The predicted octanol–water partition coefficient (Wildman–Crippen LogP) is 4.66. The molecular weight excluding hydrogens is 388 g/mol. The minimum atomic E-state index is -0.532. The molecule has 1 N–H and O–H groups in total. The maximum absolute atomic E-state index is 13.2. The molecule has 2 amide bonds. The smallest absolute Gasteiger partial charge is 0.261 e. The summed E-state index contributed by atoms with van der Waals surface area (Å²) in [6.07, 6.45) is 3.42. The fourth-order valence-corrected chi connectivity index (χ4v) is 3.45. The van der Waals surface area contributed by atoms with Gasteiger partial charge in [-0.2, -0.15) is 0 Å². The molecule has 0 aromatic heterocycles. The van der Waals surface area contributed by atoms with Crippen LogP contribution in [-0.4, -0.2) is 35.9 Å². The van der Waals surface area contributed by atoms with Gasteiger partial charge in [-0.3, -0.25) is 9.59 Å². The maximum Gasteiger partial charge on any atom is 0.261 e. The third kappa shape index (κ3) is 7.42. The highest BCUT2D eigenvalue weighted by atomic mass is 16.5. The van der Waals surface area contributed by atoms with Crippen LogP contribution in [0.1, 0.15) is 56.7 Å². The molecule has 0 bridgehead atoms. The first-order chi connectivity index (χ1) is 15.0. The Hall–Kier alpha value is -2.82. The monoisotopic (exact) mass is 424 g/mol. The van der Waals surface area contributed by atoms with E-state index in [0.717, 1.165) is 30.4 Å². The Balaban J connectivity index is 2.16. The summed E-state index contributed by atoms with van der Waals surface area (Å²) >= 11 is 0. The van der Waals surface area contributed by atoms with Gasteiger partial charge in [0, 0.05) is 13.1 Å². The molecule has 2 aromatic rings. The van der Waals surface area contributed by atoms with Crippen molar-refractivity contribution < 1.29 is 14.3 Å². The van der Waals surface area contributed by atoms with Gasteiger partial charge in [0.25, 0.3) is 5.91 Å². The van der Waals surface area contributed by atoms with Crippen LogP contribution in [0.2, 0.25) is 0 Å². The van der Waals surface area contributed by atoms with Crippen molar-refractivity contribution in [3.63, 3.8) is 0 Å². The van der Waals surface area contributed by atoms with E-state index in [9.17, 15) is 9.59 Å². The SMILES string of the molecule is CCCCNC(=O)[C@@H](CC)N(Cc1ccccc1C)C(=O)COc1ccc(CC)cc1. The van der Waals surface area contributed by atoms with Gasteiger partial charge in [-0.05, 0) is 55.0 Å². The van der Waals surface area contributed by atoms with Crippen LogP contribution in [0.5, 0.6) is 5.75 Å². The fourth-order valence-electron chi connectivity index (χ4n) is 3.45. The van der Waals surface area contributed by atoms with E-state index in [0.29, 0.717) is 25.3 Å². The lowest BCUT2D eigenvalue weighted by Gasteiger charge is -2.31. The van der Waals surface area contributed by atoms with Crippen LogP contribution in [0, 0.1) is 6.92 Å². The first-order valence-corrected chi connectivity index (χ1v) is 11.3. The molecule has 0 fully saturated rings. The highest BCUT2D eigenvalue weighted by Crippen LogP contribution is 2.17. The molecule has 0 aliphatic rings. The molecule has 0 radical (unpaired) electrons. The molecule has 5 nitrogen and oxygen atoms in total. The lowest BCUT2D eigenvalue weighted by Crippen LogP contribution is -2.50. The summed E-state index contributed by atoms with van der Waals surface area (Å²) in [6.45, 7) is 9.04. The summed E-state index contributed by atoms with van der Waals surface area (Å²) in [5.41, 5.74) is 3.34. The van der Waals surface area contributed by atoms with Crippen molar-refractivity contribution in [1.82, 2.24) is 10.2 Å². The van der Waals surface area contributed by atoms with Gasteiger partial charge in [-0.25, -0.2) is 0 Å². The average Bonchev–Trinajstić information content (AvgIpc) is 2.79. The highest BCUT2D eigenvalue weighted by molar-refractivity contribution is 5.88. The maximum atomic E-state index is 13.2. The van der Waals surface area contributed by atoms with Crippen LogP contribution in [0.4, 0.5) is 0 Å². The lowest BCUT2D eigenvalue weighted by molar-refractivity contribution is -0.143. The summed E-state index contributed by atoms with van der Waals surface area (Å²) in [6, 6.07) is 15.2. The van der Waals surface area contributed by atoms with E-state index in [1.165, 1.54) is 5.56 Å². The zero-order valence-electron chi connectivity index (χ0n) is 19.3. The van der Waals surface area contributed by atoms with Crippen LogP contribution in [-0.2, 0) is 22.6 Å². The number of hydrogen-bond donors (Lipinski definition) is 1. The van der Waals surface area contributed by atoms with E-state index in [4.69, 9.17) is 4.74 Å². The Labute approximate surface area is 186 Å². The van der Waals surface area contributed by atoms with Crippen molar-refractivity contribution in [2.45, 2.75) is 66.0 Å². The molecular formula is C26H36N2O3. The number of aryl methyl sites for hydroxylation is 2. The molecule has 168 valence electrons. The van der Waals surface area contributed by atoms with Crippen LogP contribution < -0.4 is 10.1 Å². The zero-order valence-corrected chi connectivity index (χ0v) is 19.3. The van der Waals surface area contributed by atoms with Crippen molar-refractivity contribution in [1.29, 1.82) is 0 Å². The summed E-state index contributed by atoms with van der Waals surface area (Å²) in [5, 5.41) is 2.98. The summed E-state index contributed by atoms with van der Waals surface area (Å²) in [7, 11) is 0. The molecule has 0 saturated heterocycles. The van der Waals surface area contributed by atoms with E-state index in [1.54, 1.807) is 4.90 Å². The number of benzene rings is 2. The van der Waals surface area contributed by atoms with Crippen LogP contribution >= 0.6 is 0 Å². The molecule has 0 aliphatic heterocycles. The fraction of sp³-hybridized carbons (Fsp3) is 0.462. The third-order valence-electron chi connectivity index (χ3n) is 5.51. The largest absolute Gasteiger partial charge is 0.484 e. The standard InChI is InChI=1S/C26H36N2O3/c1-5-8-17-27-26(30)24(7-3)28(18-22-12-10-9-11-20(22)4)25(29)19-31-23-15-13-21(6-2)14-16-23/h9-16,24H,5-8,17-19H2,1-4H3,(H,27,30)/t24-/m1/s1. The van der Waals surface area contributed by atoms with E-state index in [2.05, 4.69) is 19.2 Å². The molecule has 5 heteroatoms. The molecule has 0 unspecified atom stereocenters. The first-order valence-electron chi connectivity index (χ1n) is 11.3. The summed E-state index contributed by atoms with van der Waals surface area (Å²) < 4.78 is 5.77. The second kappa shape index (κ2) is 12.8. The van der Waals surface area contributed by atoms with Crippen LogP contribution in [0.3, 0.4) is 0 Å². The van der Waals surface area contributed by atoms with Crippen molar-refractivity contribution in [2.75, 3.05) is 13.2 Å². The van der Waals surface area contributed by atoms with E-state index in [1.807, 2.05) is 62.4 Å². The molecule has 1 atom stereocenters. The molecule has 0 heterocycles. The molecule has 0 saturated carbocycles. The Morgan fingerprint density at radius 2 is 1.74 bits per heavy atom. The first kappa shape index (κ1) is 24.4. The topological polar surface area (TPSA) is 58.6 Å². The number of nitrogens with zero attached hydrogens (tertiary/aromatic N) is 1. The molecule has 0 aliphatic carbocycles. The zero-order chi connectivity index (χ0) is 22.6. The predicted molar refractivity (Wildman–Crippen MR) is 125 cm³/mol. The highest BCUT2D eigenvalue weighted by Gasteiger charge is 2.29. The minimum Gasteiger partial charge on any atom is -0.484 e. The molecule has 2 rings (SSSR count). The van der Waals surface area contributed by atoms with Gasteiger partial charge in [0.15, 0.2) is 6.61 Å². The van der Waals surface area contributed by atoms with Crippen LogP contribution in [0.25, 0.3) is 0 Å². The third-order valence-corrected chi connectivity index (χ3v) is 5.51. The number of carbonyl (C=O) groups is 2. The quantitative estimate of drug-likeness (QED) is 0.504. The van der Waals surface area contributed by atoms with Gasteiger partial charge in [0.1, 0.15) is 11.8 Å². The van der Waals surface area contributed by atoms with Crippen molar-refractivity contribution in [3.05, 3.63) is 65.2 Å². The summed E-state index contributed by atoms with van der Waals surface area (Å²) in [5.74, 6) is 0.354. The van der Waals surface area contributed by atoms with Gasteiger partial charge >= 0.3 is 0 Å². The minimum absolute atomic E-state index is 0.101. The number of rotatable bonds is 12. The molecule has 31 heavy (non-hydrogen) atoms. The van der Waals surface area contributed by atoms with Crippen molar-refractivity contribution in [2.24, 2.45) is 0 Å². The summed E-state index contributed by atoms with van der Waals surface area (Å²) in [4.78, 5) is 27.7. The molecule has 0 spiro atoms. The Morgan fingerprint density at radius 3 is 2.35 bits per heavy atom. The lowest BCUT2D eigenvalue weighted by atomic mass is 10.1. The Morgan fingerprint density at radius 1 is 1.03 bits per heavy atom. The van der Waals surface area contributed by atoms with Crippen molar-refractivity contribution >= 4 is 11.8 Å². The normalized spacial score (nSPS) is 11.6. The van der Waals surface area contributed by atoms with Gasteiger partial charge < -0.3 is 15.0 Å². The van der Waals surface area contributed by atoms with E-state index in [-0.39, 0.29) is 18.4 Å². The number of carbonyl (C=O) groups excluding carboxylic acids is 2. The van der Waals surface area contributed by atoms with Gasteiger partial charge in [-0.1, -0.05) is 63.6 Å². The van der Waals surface area contributed by atoms with Gasteiger partial charge in [0.2, 0.25) is 5.91 Å². The second-order valence-corrected chi connectivity index (χ2v) is 7.80. The van der Waals surface area contributed by atoms with Gasteiger partial charge in [0.05, 0.1) is 0 Å². The number of ether oxygens (including phenoxy) is 1. The number of unbranched alkanes of at least 4 members (excludes halogenated alkanes) is 1. The number of amides is 2. The van der Waals surface area contributed by atoms with Crippen molar-refractivity contribution in [3.8, 4) is 5.75 Å². The second-order valence-electron chi connectivity index (χ2n) is 7.80. The van der Waals surface area contributed by atoms with Gasteiger partial charge in [-0.15, -0.1) is 0 Å². The van der Waals surface area contributed by atoms with E-state index < -0.39 is 6.04 Å². The van der Waals surface area contributed by atoms with E-state index >= 15 is 0 Å². The number of nitrogens with one attached hydrogen (secondary N) is 1. The van der Waals surface area contributed by atoms with Crippen LogP contribution in [0.15, 0.2) is 48.5 Å².